The van der Waals surface area contributed by atoms with Gasteiger partial charge in [-0.2, -0.15) is 4.31 Å². The highest BCUT2D eigenvalue weighted by Crippen LogP contribution is 2.31. The Hall–Kier alpha value is -4.05. The van der Waals surface area contributed by atoms with Crippen LogP contribution in [-0.4, -0.2) is 33.1 Å². The van der Waals surface area contributed by atoms with Crippen molar-refractivity contribution in [2.24, 2.45) is 7.05 Å². The maximum Gasteiger partial charge on any atom is 0.419 e. The van der Waals surface area contributed by atoms with E-state index in [1.807, 2.05) is 0 Å². The van der Waals surface area contributed by atoms with Gasteiger partial charge < -0.3 is 13.9 Å². The fraction of sp³-hybridized carbons (Fsp3) is 0.130. The second-order valence-corrected chi connectivity index (χ2v) is 8.82. The number of para-hydroxylation sites is 1. The van der Waals surface area contributed by atoms with Crippen molar-refractivity contribution < 1.29 is 27.1 Å². The maximum absolute atomic E-state index is 13.7. The van der Waals surface area contributed by atoms with E-state index in [4.69, 9.17) is 13.9 Å². The Morgan fingerprint density at radius 1 is 0.970 bits per heavy atom. The predicted molar refractivity (Wildman–Crippen MR) is 121 cm³/mol. The van der Waals surface area contributed by atoms with Crippen molar-refractivity contribution in [2.45, 2.75) is 4.90 Å². The minimum absolute atomic E-state index is 0.0618. The Bertz CT molecular complexity index is 1500. The van der Waals surface area contributed by atoms with Gasteiger partial charge in [-0.05, 0) is 48.5 Å². The van der Waals surface area contributed by atoms with Crippen molar-refractivity contribution in [2.75, 3.05) is 18.5 Å². The molecule has 0 saturated carbocycles. The topological polar surface area (TPSA) is 108 Å². The molecule has 0 N–H and O–H groups in total. The second-order valence-electron chi connectivity index (χ2n) is 7.03. The summed E-state index contributed by atoms with van der Waals surface area (Å²) < 4.78 is 45.0. The van der Waals surface area contributed by atoms with Gasteiger partial charge in [0, 0.05) is 13.1 Å². The molecule has 1 aromatic heterocycles. The quantitative estimate of drug-likeness (QED) is 0.428. The number of fused-ring (bicyclic) bond motifs is 1. The van der Waals surface area contributed by atoms with E-state index in [1.54, 1.807) is 30.3 Å². The normalized spacial score (nSPS) is 11.4. The second kappa shape index (κ2) is 8.47. The molecular weight excluding hydrogens is 448 g/mol. The average Bonchev–Trinajstić information content (AvgIpc) is 3.12. The van der Waals surface area contributed by atoms with Crippen molar-refractivity contribution in [3.05, 3.63) is 82.8 Å². The number of nitrogens with zero attached hydrogens (tertiary/aromatic N) is 2. The van der Waals surface area contributed by atoms with Crippen molar-refractivity contribution in [3.63, 3.8) is 0 Å². The first-order valence-electron chi connectivity index (χ1n) is 9.74. The highest BCUT2D eigenvalue weighted by Gasteiger charge is 2.34. The summed E-state index contributed by atoms with van der Waals surface area (Å²) in [7, 11) is -0.0428. The van der Waals surface area contributed by atoms with E-state index in [1.165, 1.54) is 62.2 Å². The Balaban J connectivity index is 1.91. The largest absolute Gasteiger partial charge is 0.497 e. The van der Waals surface area contributed by atoms with Crippen LogP contribution in [0.25, 0.3) is 11.1 Å². The monoisotopic (exact) mass is 468 g/mol. The lowest BCUT2D eigenvalue weighted by Crippen LogP contribution is -2.37. The highest BCUT2D eigenvalue weighted by molar-refractivity contribution is 7.93. The summed E-state index contributed by atoms with van der Waals surface area (Å²) in [5, 5.41) is 0. The van der Waals surface area contributed by atoms with Crippen LogP contribution in [0.15, 0.2) is 80.8 Å². The van der Waals surface area contributed by atoms with Gasteiger partial charge in [-0.25, -0.2) is 13.2 Å². The molecule has 0 radical (unpaired) electrons. The minimum atomic E-state index is -4.42. The molecule has 1 amide bonds. The number of aryl methyl sites for hydroxylation is 1. The van der Waals surface area contributed by atoms with E-state index in [2.05, 4.69) is 0 Å². The van der Waals surface area contributed by atoms with Gasteiger partial charge in [-0.3, -0.25) is 9.36 Å². The molecule has 4 aromatic rings. The number of sulfonamides is 1. The van der Waals surface area contributed by atoms with Gasteiger partial charge in [-0.1, -0.05) is 12.1 Å². The third kappa shape index (κ3) is 3.85. The molecule has 0 aliphatic heterocycles. The molecule has 0 unspecified atom stereocenters. The summed E-state index contributed by atoms with van der Waals surface area (Å²) in [5.41, 5.74) is 0.669. The molecule has 4 rings (SSSR count). The predicted octanol–water partition coefficient (Wildman–Crippen LogP) is 3.18. The molecule has 0 fully saturated rings. The number of benzene rings is 3. The van der Waals surface area contributed by atoms with Gasteiger partial charge in [0.2, 0.25) is 0 Å². The fourth-order valence-corrected chi connectivity index (χ4v) is 4.82. The van der Waals surface area contributed by atoms with Gasteiger partial charge in [-0.15, -0.1) is 0 Å². The van der Waals surface area contributed by atoms with Gasteiger partial charge in [0.15, 0.2) is 5.58 Å². The first-order chi connectivity index (χ1) is 15.8. The van der Waals surface area contributed by atoms with E-state index in [0.717, 1.165) is 0 Å². The molecule has 0 aliphatic rings. The lowest BCUT2D eigenvalue weighted by atomic mass is 10.2. The fourth-order valence-electron chi connectivity index (χ4n) is 3.39. The molecule has 170 valence electrons. The molecule has 10 heteroatoms. The van der Waals surface area contributed by atoms with Crippen molar-refractivity contribution >= 4 is 32.7 Å². The zero-order valence-electron chi connectivity index (χ0n) is 18.0. The van der Waals surface area contributed by atoms with E-state index in [0.29, 0.717) is 15.6 Å². The van der Waals surface area contributed by atoms with Crippen LogP contribution in [-0.2, 0) is 17.1 Å². The van der Waals surface area contributed by atoms with Gasteiger partial charge in [0.1, 0.15) is 11.5 Å². The smallest absolute Gasteiger partial charge is 0.419 e. The number of carbonyl (C=O) groups excluding carboxylic acids is 1. The van der Waals surface area contributed by atoms with Crippen LogP contribution < -0.4 is 19.5 Å². The van der Waals surface area contributed by atoms with E-state index in [-0.39, 0.29) is 27.5 Å². The van der Waals surface area contributed by atoms with Crippen LogP contribution in [0.2, 0.25) is 0 Å². The van der Waals surface area contributed by atoms with Crippen molar-refractivity contribution in [1.29, 1.82) is 0 Å². The van der Waals surface area contributed by atoms with Crippen LogP contribution >= 0.6 is 0 Å². The average molecular weight is 468 g/mol. The van der Waals surface area contributed by atoms with Gasteiger partial charge in [0.25, 0.3) is 15.9 Å². The number of carbonyl (C=O) groups is 1. The number of anilines is 1. The van der Waals surface area contributed by atoms with E-state index >= 15 is 0 Å². The Morgan fingerprint density at radius 2 is 1.67 bits per heavy atom. The van der Waals surface area contributed by atoms with Crippen LogP contribution in [0.3, 0.4) is 0 Å². The summed E-state index contributed by atoms with van der Waals surface area (Å²) in [5.74, 6) is -0.724. The van der Waals surface area contributed by atoms with E-state index in [9.17, 15) is 18.0 Å². The molecule has 0 spiro atoms. The molecule has 1 heterocycles. The van der Waals surface area contributed by atoms with E-state index < -0.39 is 21.7 Å². The Morgan fingerprint density at radius 3 is 2.33 bits per heavy atom. The van der Waals surface area contributed by atoms with Crippen LogP contribution in [0, 0.1) is 0 Å². The molecule has 0 saturated heterocycles. The summed E-state index contributed by atoms with van der Waals surface area (Å²) >= 11 is 0. The Kier molecular flexibility index (Phi) is 5.69. The highest BCUT2D eigenvalue weighted by atomic mass is 32.2. The van der Waals surface area contributed by atoms with Crippen molar-refractivity contribution in [3.8, 4) is 11.5 Å². The number of ether oxygens (including phenoxy) is 2. The molecule has 0 atom stereocenters. The van der Waals surface area contributed by atoms with Gasteiger partial charge >= 0.3 is 5.76 Å². The summed E-state index contributed by atoms with van der Waals surface area (Å²) in [6.45, 7) is 0. The summed E-state index contributed by atoms with van der Waals surface area (Å²) in [4.78, 5) is 25.2. The van der Waals surface area contributed by atoms with Gasteiger partial charge in [0.05, 0.1) is 35.9 Å². The lowest BCUT2D eigenvalue weighted by Gasteiger charge is -2.23. The molecule has 3 aromatic carbocycles. The number of amides is 1. The minimum Gasteiger partial charge on any atom is -0.497 e. The van der Waals surface area contributed by atoms with Crippen LogP contribution in [0.5, 0.6) is 11.5 Å². The van der Waals surface area contributed by atoms with Crippen LogP contribution in [0.4, 0.5) is 5.69 Å². The molecule has 0 aliphatic carbocycles. The molecular formula is C23H20N2O7S. The third-order valence-corrected chi connectivity index (χ3v) is 6.84. The SMILES string of the molecule is COc1ccc(N(C(=O)c2ccccc2OC)S(=O)(=O)c2ccc3c(c2)oc(=O)n3C)cc1. The first-order valence-corrected chi connectivity index (χ1v) is 11.2. The standard InChI is InChI=1S/C23H20N2O7S/c1-24-19-13-12-17(14-21(19)32-23(24)27)33(28,29)25(15-8-10-16(30-2)11-9-15)22(26)18-6-4-5-7-20(18)31-3/h4-14H,1-3H3. The molecule has 33 heavy (non-hydrogen) atoms. The van der Waals surface area contributed by atoms with Crippen LogP contribution in [0.1, 0.15) is 10.4 Å². The number of hydrogen-bond donors (Lipinski definition) is 0. The summed E-state index contributed by atoms with van der Waals surface area (Å²) in [6, 6.07) is 16.3. The zero-order valence-corrected chi connectivity index (χ0v) is 18.8. The number of oxazole rings is 1. The molecule has 0 bridgehead atoms. The van der Waals surface area contributed by atoms with Crippen molar-refractivity contribution in [1.82, 2.24) is 4.57 Å². The number of methoxy groups -OCH3 is 2. The number of aromatic nitrogens is 1. The number of rotatable bonds is 6. The maximum atomic E-state index is 13.7. The Labute approximate surface area is 189 Å². The molecule has 9 nitrogen and oxygen atoms in total. The lowest BCUT2D eigenvalue weighted by molar-refractivity contribution is 0.100. The summed E-state index contributed by atoms with van der Waals surface area (Å²) in [6.07, 6.45) is 0. The first kappa shape index (κ1) is 22.2. The third-order valence-electron chi connectivity index (χ3n) is 5.13. The zero-order chi connectivity index (χ0) is 23.8. The number of hydrogen-bond acceptors (Lipinski definition) is 7.